The molecule has 0 bridgehead atoms. The molecule has 1 aliphatic carbocycles. The number of sulfonamides is 1. The maximum atomic E-state index is 13.5. The first kappa shape index (κ1) is 24.5. The van der Waals surface area contributed by atoms with Crippen LogP contribution >= 0.6 is 24.0 Å². The number of halogens is 2. The Balaban J connectivity index is 0.00000320. The van der Waals surface area contributed by atoms with Crippen LogP contribution in [0.3, 0.4) is 0 Å². The average molecular weight is 546 g/mol. The van der Waals surface area contributed by atoms with Crippen molar-refractivity contribution < 1.29 is 12.8 Å². The molecule has 0 spiro atoms. The quantitative estimate of drug-likeness (QED) is 0.206. The van der Waals surface area contributed by atoms with Crippen LogP contribution in [0.5, 0.6) is 0 Å². The summed E-state index contributed by atoms with van der Waals surface area (Å²) >= 11 is 0. The van der Waals surface area contributed by atoms with Crippen molar-refractivity contribution in [2.45, 2.75) is 30.1 Å². The summed E-state index contributed by atoms with van der Waals surface area (Å²) in [7, 11) is -1.87. The Morgan fingerprint density at radius 2 is 1.80 bits per heavy atom. The van der Waals surface area contributed by atoms with Crippen molar-refractivity contribution in [2.75, 3.05) is 26.7 Å². The van der Waals surface area contributed by atoms with Crippen LogP contribution in [-0.4, -0.2) is 41.1 Å². The molecule has 3 N–H and O–H groups in total. The lowest BCUT2D eigenvalue weighted by molar-refractivity contribution is 0.579. The number of rotatable bonds is 8. The van der Waals surface area contributed by atoms with E-state index in [0.29, 0.717) is 19.0 Å². The van der Waals surface area contributed by atoms with Crippen LogP contribution in [0.1, 0.15) is 24.0 Å². The van der Waals surface area contributed by atoms with Crippen LogP contribution in [-0.2, 0) is 15.4 Å². The van der Waals surface area contributed by atoms with Crippen molar-refractivity contribution in [3.63, 3.8) is 0 Å². The number of hydrogen-bond acceptors (Lipinski definition) is 3. The first-order valence-corrected chi connectivity index (χ1v) is 11.1. The Kier molecular flexibility index (Phi) is 8.62. The number of nitrogens with zero attached hydrogens (tertiary/aromatic N) is 1. The van der Waals surface area contributed by atoms with E-state index in [1.165, 1.54) is 6.07 Å². The molecule has 9 heteroatoms. The Labute approximate surface area is 194 Å². The van der Waals surface area contributed by atoms with E-state index in [2.05, 4.69) is 20.3 Å². The molecule has 0 saturated heterocycles. The fraction of sp³-hybridized carbons (Fsp3) is 0.381. The molecule has 0 radical (unpaired) electrons. The van der Waals surface area contributed by atoms with Gasteiger partial charge in [0.15, 0.2) is 5.96 Å². The molecule has 30 heavy (non-hydrogen) atoms. The van der Waals surface area contributed by atoms with Gasteiger partial charge in [0.05, 0.1) is 4.90 Å². The van der Waals surface area contributed by atoms with E-state index in [4.69, 9.17) is 0 Å². The summed E-state index contributed by atoms with van der Waals surface area (Å²) in [6, 6.07) is 13.4. The van der Waals surface area contributed by atoms with Gasteiger partial charge in [-0.2, -0.15) is 0 Å². The van der Waals surface area contributed by atoms with E-state index < -0.39 is 10.0 Å². The number of guanidine groups is 1. The molecule has 0 aliphatic heterocycles. The fourth-order valence-corrected chi connectivity index (χ4v) is 4.21. The third-order valence-electron chi connectivity index (χ3n) is 5.15. The topological polar surface area (TPSA) is 82.6 Å². The molecule has 0 heterocycles. The summed E-state index contributed by atoms with van der Waals surface area (Å²) in [5.41, 5.74) is 1.94. The van der Waals surface area contributed by atoms with E-state index in [1.807, 2.05) is 13.0 Å². The number of hydrogen-bond donors (Lipinski definition) is 3. The molecular weight excluding hydrogens is 518 g/mol. The van der Waals surface area contributed by atoms with Crippen LogP contribution in [0, 0.1) is 12.7 Å². The molecule has 1 saturated carbocycles. The monoisotopic (exact) mass is 546 g/mol. The minimum Gasteiger partial charge on any atom is -0.356 e. The summed E-state index contributed by atoms with van der Waals surface area (Å²) in [6.07, 6.45) is 1.99. The lowest BCUT2D eigenvalue weighted by atomic mass is 9.96. The zero-order valence-corrected chi connectivity index (χ0v) is 20.3. The SMILES string of the molecule is CN=C(NCCNS(=O)(=O)c1ccc(C)cc1)NCC1(c2cccc(F)c2)CC1.I. The molecule has 164 valence electrons. The molecule has 0 amide bonds. The normalized spacial score (nSPS) is 15.2. The number of aliphatic imine (C=N–C) groups is 1. The summed E-state index contributed by atoms with van der Waals surface area (Å²) < 4.78 is 40.7. The van der Waals surface area contributed by atoms with Crippen LogP contribution < -0.4 is 15.4 Å². The van der Waals surface area contributed by atoms with Gasteiger partial charge in [-0.25, -0.2) is 17.5 Å². The highest BCUT2D eigenvalue weighted by molar-refractivity contribution is 14.0. The van der Waals surface area contributed by atoms with E-state index in [9.17, 15) is 12.8 Å². The maximum absolute atomic E-state index is 13.5. The van der Waals surface area contributed by atoms with Crippen LogP contribution in [0.2, 0.25) is 0 Å². The second-order valence-corrected chi connectivity index (χ2v) is 9.12. The Morgan fingerprint density at radius 3 is 2.40 bits per heavy atom. The predicted octanol–water partition coefficient (Wildman–Crippen LogP) is 2.93. The number of benzene rings is 2. The largest absolute Gasteiger partial charge is 0.356 e. The number of aryl methyl sites for hydroxylation is 1. The molecule has 6 nitrogen and oxygen atoms in total. The Hall–Kier alpha value is -1.72. The average Bonchev–Trinajstić information content (AvgIpc) is 3.49. The van der Waals surface area contributed by atoms with Crippen molar-refractivity contribution in [2.24, 2.45) is 4.99 Å². The van der Waals surface area contributed by atoms with Crippen molar-refractivity contribution >= 4 is 40.0 Å². The third-order valence-corrected chi connectivity index (χ3v) is 6.63. The second kappa shape index (κ2) is 10.5. The van der Waals surface area contributed by atoms with Crippen LogP contribution in [0.25, 0.3) is 0 Å². The van der Waals surface area contributed by atoms with Gasteiger partial charge in [-0.05, 0) is 49.6 Å². The molecule has 0 aromatic heterocycles. The lowest BCUT2D eigenvalue weighted by Gasteiger charge is -2.19. The van der Waals surface area contributed by atoms with E-state index in [0.717, 1.165) is 24.0 Å². The Bertz CT molecular complexity index is 977. The highest BCUT2D eigenvalue weighted by Gasteiger charge is 2.44. The highest BCUT2D eigenvalue weighted by atomic mass is 127. The van der Waals surface area contributed by atoms with Gasteiger partial charge in [-0.3, -0.25) is 4.99 Å². The fourth-order valence-electron chi connectivity index (χ4n) is 3.18. The molecule has 0 unspecified atom stereocenters. The molecule has 1 aliphatic rings. The first-order chi connectivity index (χ1) is 13.8. The van der Waals surface area contributed by atoms with Crippen molar-refractivity contribution in [1.82, 2.24) is 15.4 Å². The van der Waals surface area contributed by atoms with Crippen molar-refractivity contribution in [3.8, 4) is 0 Å². The van der Waals surface area contributed by atoms with Gasteiger partial charge in [-0.15, -0.1) is 24.0 Å². The molecule has 2 aromatic rings. The Morgan fingerprint density at radius 1 is 1.10 bits per heavy atom. The standard InChI is InChI=1S/C21H27FN4O2S.HI/c1-16-6-8-19(9-7-16)29(27,28)26-13-12-24-20(23-2)25-15-21(10-11-21)17-4-3-5-18(22)14-17;/h3-9,14,26H,10-13,15H2,1-2H3,(H2,23,24,25);1H. The second-order valence-electron chi connectivity index (χ2n) is 7.35. The predicted molar refractivity (Wildman–Crippen MR) is 128 cm³/mol. The highest BCUT2D eigenvalue weighted by Crippen LogP contribution is 2.47. The van der Waals surface area contributed by atoms with Gasteiger partial charge in [0.1, 0.15) is 5.82 Å². The minimum absolute atomic E-state index is 0. The third kappa shape index (κ3) is 6.39. The maximum Gasteiger partial charge on any atom is 0.240 e. The van der Waals surface area contributed by atoms with Gasteiger partial charge in [0, 0.05) is 32.1 Å². The summed E-state index contributed by atoms with van der Waals surface area (Å²) in [5.74, 6) is 0.361. The van der Waals surface area contributed by atoms with Gasteiger partial charge in [-0.1, -0.05) is 29.8 Å². The minimum atomic E-state index is -3.53. The molecule has 2 aromatic carbocycles. The van der Waals surface area contributed by atoms with Gasteiger partial charge >= 0.3 is 0 Å². The van der Waals surface area contributed by atoms with Gasteiger partial charge in [0.25, 0.3) is 0 Å². The number of nitrogens with one attached hydrogen (secondary N) is 3. The zero-order chi connectivity index (χ0) is 20.9. The van der Waals surface area contributed by atoms with Gasteiger partial charge in [0.2, 0.25) is 10.0 Å². The van der Waals surface area contributed by atoms with Crippen LogP contribution in [0.4, 0.5) is 4.39 Å². The molecule has 1 fully saturated rings. The van der Waals surface area contributed by atoms with Crippen molar-refractivity contribution in [3.05, 3.63) is 65.5 Å². The summed E-state index contributed by atoms with van der Waals surface area (Å²) in [5, 5.41) is 6.37. The first-order valence-electron chi connectivity index (χ1n) is 9.62. The van der Waals surface area contributed by atoms with Gasteiger partial charge < -0.3 is 10.6 Å². The van der Waals surface area contributed by atoms with Crippen molar-refractivity contribution in [1.29, 1.82) is 0 Å². The molecule has 3 rings (SSSR count). The van der Waals surface area contributed by atoms with E-state index in [1.54, 1.807) is 43.4 Å². The lowest BCUT2D eigenvalue weighted by Crippen LogP contribution is -2.44. The van der Waals surface area contributed by atoms with E-state index in [-0.39, 0.29) is 46.6 Å². The molecular formula is C21H28FIN4O2S. The van der Waals surface area contributed by atoms with Crippen LogP contribution in [0.15, 0.2) is 58.4 Å². The molecule has 0 atom stereocenters. The summed E-state index contributed by atoms with van der Waals surface area (Å²) in [4.78, 5) is 4.42. The zero-order valence-electron chi connectivity index (χ0n) is 17.1. The smallest absolute Gasteiger partial charge is 0.240 e. The summed E-state index contributed by atoms with van der Waals surface area (Å²) in [6.45, 7) is 3.17. The van der Waals surface area contributed by atoms with E-state index >= 15 is 0 Å².